The van der Waals surface area contributed by atoms with E-state index in [9.17, 15) is 14.7 Å². The summed E-state index contributed by atoms with van der Waals surface area (Å²) in [5, 5.41) is 9.98. The minimum atomic E-state index is -0.926. The average molecular weight is 520 g/mol. The molecule has 0 saturated carbocycles. The molecule has 5 nitrogen and oxygen atoms in total. The van der Waals surface area contributed by atoms with Crippen LogP contribution >= 0.6 is 11.6 Å². The first-order valence-corrected chi connectivity index (χ1v) is 13.3. The fourth-order valence-corrected chi connectivity index (χ4v) is 5.08. The van der Waals surface area contributed by atoms with Crippen LogP contribution in [-0.4, -0.2) is 34.0 Å². The molecule has 194 valence electrons. The fourth-order valence-electron chi connectivity index (χ4n) is 4.88. The second kappa shape index (κ2) is 11.8. The third-order valence-electron chi connectivity index (χ3n) is 6.85. The number of fused-ring (bicyclic) bond motifs is 1. The lowest BCUT2D eigenvalue weighted by Gasteiger charge is -2.24. The third-order valence-corrected chi connectivity index (χ3v) is 7.22. The predicted molar refractivity (Wildman–Crippen MR) is 146 cm³/mol. The number of hydrogen-bond donors (Lipinski definition) is 1. The Morgan fingerprint density at radius 3 is 2.49 bits per heavy atom. The zero-order chi connectivity index (χ0) is 26.4. The molecule has 1 atom stereocenters. The molecular formula is C31H34ClNO4. The van der Waals surface area contributed by atoms with Gasteiger partial charge in [0.1, 0.15) is 11.4 Å². The summed E-state index contributed by atoms with van der Waals surface area (Å²) >= 11 is 6.38. The van der Waals surface area contributed by atoms with Crippen molar-refractivity contribution >= 4 is 23.5 Å². The van der Waals surface area contributed by atoms with Crippen LogP contribution in [0.1, 0.15) is 65.7 Å². The molecule has 1 heterocycles. The Labute approximate surface area is 224 Å². The number of carboxylic acids is 1. The number of carboxylic acid groups (broad SMARTS) is 1. The number of halogens is 1. The van der Waals surface area contributed by atoms with Gasteiger partial charge >= 0.3 is 5.97 Å². The van der Waals surface area contributed by atoms with Crippen LogP contribution in [0, 0.1) is 0 Å². The first kappa shape index (κ1) is 26.7. The summed E-state index contributed by atoms with van der Waals surface area (Å²) in [6, 6.07) is 21.5. The molecule has 1 aliphatic rings. The van der Waals surface area contributed by atoms with Gasteiger partial charge in [0.2, 0.25) is 0 Å². The van der Waals surface area contributed by atoms with E-state index in [-0.39, 0.29) is 18.9 Å². The van der Waals surface area contributed by atoms with Crippen LogP contribution in [0.25, 0.3) is 0 Å². The Morgan fingerprint density at radius 2 is 1.78 bits per heavy atom. The lowest BCUT2D eigenvalue weighted by Crippen LogP contribution is -2.33. The van der Waals surface area contributed by atoms with Gasteiger partial charge in [-0.05, 0) is 66.3 Å². The van der Waals surface area contributed by atoms with Gasteiger partial charge in [0.15, 0.2) is 0 Å². The molecule has 0 spiro atoms. The van der Waals surface area contributed by atoms with Crippen molar-refractivity contribution in [3.8, 4) is 5.75 Å². The molecule has 3 aromatic carbocycles. The summed E-state index contributed by atoms with van der Waals surface area (Å²) in [6.07, 6.45) is 4.52. The second-order valence-electron chi connectivity index (χ2n) is 10.1. The van der Waals surface area contributed by atoms with E-state index in [1.807, 2.05) is 48.5 Å². The number of aryl methyl sites for hydroxylation is 1. The fraction of sp³-hybridized carbons (Fsp3) is 0.355. The van der Waals surface area contributed by atoms with Gasteiger partial charge in [-0.1, -0.05) is 67.4 Å². The largest absolute Gasteiger partial charge is 0.487 e. The Balaban J connectivity index is 1.49. The number of carbonyl (C=O) groups is 2. The Kier molecular flexibility index (Phi) is 8.55. The number of aliphatic carboxylic acids is 1. The molecule has 1 aliphatic heterocycles. The van der Waals surface area contributed by atoms with E-state index in [1.54, 1.807) is 11.0 Å². The standard InChI is InChI=1S/C31H34ClNO4/c1-3-4-7-22-10-12-23(13-11-22)21-33(17-16-29(34)35)30(36)24-14-15-28-26(18-24)20-31(2,37-28)19-25-8-5-6-9-27(25)32/h5-6,8-15,18H,3-4,7,16-17,19-21H2,1-2H3,(H,34,35)/t31-/m0/s1. The number of amides is 1. The molecule has 4 rings (SSSR count). The molecule has 0 fully saturated rings. The van der Waals surface area contributed by atoms with Crippen LogP contribution in [0.5, 0.6) is 5.75 Å². The summed E-state index contributed by atoms with van der Waals surface area (Å²) in [4.78, 5) is 26.5. The number of rotatable bonds is 11. The topological polar surface area (TPSA) is 66.8 Å². The van der Waals surface area contributed by atoms with Crippen molar-refractivity contribution in [3.63, 3.8) is 0 Å². The molecule has 0 unspecified atom stereocenters. The van der Waals surface area contributed by atoms with Gasteiger partial charge in [-0.15, -0.1) is 0 Å². The molecule has 37 heavy (non-hydrogen) atoms. The van der Waals surface area contributed by atoms with Crippen molar-refractivity contribution < 1.29 is 19.4 Å². The first-order chi connectivity index (χ1) is 17.8. The molecule has 0 aliphatic carbocycles. The van der Waals surface area contributed by atoms with Crippen molar-refractivity contribution in [1.29, 1.82) is 0 Å². The number of nitrogens with zero attached hydrogens (tertiary/aromatic N) is 1. The van der Waals surface area contributed by atoms with Crippen molar-refractivity contribution in [2.24, 2.45) is 0 Å². The van der Waals surface area contributed by atoms with Crippen molar-refractivity contribution in [3.05, 3.63) is 99.6 Å². The van der Waals surface area contributed by atoms with E-state index < -0.39 is 11.6 Å². The number of ether oxygens (including phenoxy) is 1. The molecular weight excluding hydrogens is 486 g/mol. The van der Waals surface area contributed by atoms with Crippen LogP contribution in [0.15, 0.2) is 66.7 Å². The summed E-state index contributed by atoms with van der Waals surface area (Å²) in [6.45, 7) is 4.73. The van der Waals surface area contributed by atoms with E-state index in [2.05, 4.69) is 26.0 Å². The van der Waals surface area contributed by atoms with E-state index in [1.165, 1.54) is 5.56 Å². The van der Waals surface area contributed by atoms with Gasteiger partial charge in [-0.25, -0.2) is 0 Å². The van der Waals surface area contributed by atoms with Crippen LogP contribution in [0.2, 0.25) is 5.02 Å². The smallest absolute Gasteiger partial charge is 0.305 e. The average Bonchev–Trinajstić information content (AvgIpc) is 3.22. The molecule has 3 aromatic rings. The van der Waals surface area contributed by atoms with Crippen molar-refractivity contribution in [2.75, 3.05) is 6.54 Å². The SMILES string of the molecule is CCCCc1ccc(CN(CCC(=O)O)C(=O)c2ccc3c(c2)C[C@](C)(Cc2ccccc2Cl)O3)cc1. The van der Waals surface area contributed by atoms with Crippen LogP contribution in [-0.2, 0) is 30.6 Å². The third kappa shape index (κ3) is 6.92. The lowest BCUT2D eigenvalue weighted by molar-refractivity contribution is -0.137. The monoisotopic (exact) mass is 519 g/mol. The molecule has 0 radical (unpaired) electrons. The number of benzene rings is 3. The van der Waals surface area contributed by atoms with E-state index in [4.69, 9.17) is 16.3 Å². The molecule has 1 N–H and O–H groups in total. The van der Waals surface area contributed by atoms with Crippen LogP contribution < -0.4 is 4.74 Å². The number of unbranched alkanes of at least 4 members (excludes halogenated alkanes) is 1. The lowest BCUT2D eigenvalue weighted by atomic mass is 9.91. The number of carbonyl (C=O) groups excluding carboxylic acids is 1. The Bertz CT molecular complexity index is 1260. The van der Waals surface area contributed by atoms with Crippen molar-refractivity contribution in [2.45, 2.75) is 64.5 Å². The molecule has 0 saturated heterocycles. The van der Waals surface area contributed by atoms with Crippen LogP contribution in [0.3, 0.4) is 0 Å². The number of hydrogen-bond acceptors (Lipinski definition) is 3. The van der Waals surface area contributed by atoms with Crippen molar-refractivity contribution in [1.82, 2.24) is 4.90 Å². The Morgan fingerprint density at radius 1 is 1.05 bits per heavy atom. The van der Waals surface area contributed by atoms with Gasteiger partial charge in [-0.3, -0.25) is 9.59 Å². The second-order valence-corrected chi connectivity index (χ2v) is 10.5. The van der Waals surface area contributed by atoms with E-state index in [0.717, 1.165) is 41.7 Å². The quantitative estimate of drug-likeness (QED) is 0.305. The highest BCUT2D eigenvalue weighted by atomic mass is 35.5. The molecule has 0 aromatic heterocycles. The van der Waals surface area contributed by atoms with Gasteiger partial charge in [0.05, 0.1) is 6.42 Å². The maximum Gasteiger partial charge on any atom is 0.305 e. The zero-order valence-electron chi connectivity index (χ0n) is 21.5. The normalized spacial score (nSPS) is 16.2. The molecule has 0 bridgehead atoms. The maximum absolute atomic E-state index is 13.5. The van der Waals surface area contributed by atoms with Crippen LogP contribution in [0.4, 0.5) is 0 Å². The van der Waals surface area contributed by atoms with Gasteiger partial charge in [-0.2, -0.15) is 0 Å². The minimum Gasteiger partial charge on any atom is -0.487 e. The highest BCUT2D eigenvalue weighted by Gasteiger charge is 2.36. The van der Waals surface area contributed by atoms with Gasteiger partial charge < -0.3 is 14.7 Å². The maximum atomic E-state index is 13.5. The Hall–Kier alpha value is -3.31. The highest BCUT2D eigenvalue weighted by molar-refractivity contribution is 6.31. The molecule has 6 heteroatoms. The molecule has 1 amide bonds. The van der Waals surface area contributed by atoms with E-state index >= 15 is 0 Å². The van der Waals surface area contributed by atoms with E-state index in [0.29, 0.717) is 30.0 Å². The highest BCUT2D eigenvalue weighted by Crippen LogP contribution is 2.38. The minimum absolute atomic E-state index is 0.107. The van der Waals surface area contributed by atoms with Gasteiger partial charge in [0, 0.05) is 36.5 Å². The summed E-state index contributed by atoms with van der Waals surface area (Å²) in [5.41, 5.74) is 4.32. The van der Waals surface area contributed by atoms with Gasteiger partial charge in [0.25, 0.3) is 5.91 Å². The summed E-state index contributed by atoms with van der Waals surface area (Å²) in [5.74, 6) is -0.338. The predicted octanol–water partition coefficient (Wildman–Crippen LogP) is 6.74. The zero-order valence-corrected chi connectivity index (χ0v) is 22.3. The summed E-state index contributed by atoms with van der Waals surface area (Å²) in [7, 11) is 0. The summed E-state index contributed by atoms with van der Waals surface area (Å²) < 4.78 is 6.30. The first-order valence-electron chi connectivity index (χ1n) is 12.9.